The highest BCUT2D eigenvalue weighted by Gasteiger charge is 2.41. The average molecular weight is 317 g/mol. The van der Waals surface area contributed by atoms with Gasteiger partial charge in [0.05, 0.1) is 5.41 Å². The van der Waals surface area contributed by atoms with Crippen molar-refractivity contribution < 1.29 is 9.59 Å². The number of nitrogens with zero attached hydrogens (tertiary/aromatic N) is 1. The predicted octanol–water partition coefficient (Wildman–Crippen LogP) is 1.85. The van der Waals surface area contributed by atoms with Crippen molar-refractivity contribution in [3.63, 3.8) is 0 Å². The van der Waals surface area contributed by atoms with Crippen LogP contribution >= 0.6 is 27.3 Å². The maximum Gasteiger partial charge on any atom is 0.265 e. The van der Waals surface area contributed by atoms with E-state index in [0.717, 1.165) is 4.47 Å². The van der Waals surface area contributed by atoms with Crippen LogP contribution in [0.5, 0.6) is 0 Å². The van der Waals surface area contributed by atoms with Gasteiger partial charge in [0.25, 0.3) is 5.91 Å². The van der Waals surface area contributed by atoms with Gasteiger partial charge in [-0.05, 0) is 40.7 Å². The highest BCUT2D eigenvalue weighted by atomic mass is 79.9. The SMILES string of the molecule is CC1(C(N)=O)CCN(C(=O)c2sccc2Br)C1. The lowest BCUT2D eigenvalue weighted by molar-refractivity contribution is -0.126. The molecule has 2 rings (SSSR count). The standard InChI is InChI=1S/C11H13BrN2O2S/c1-11(10(13)16)3-4-14(6-11)9(15)8-7(12)2-5-17-8/h2,5H,3-4,6H2,1H3,(H2,13,16). The Morgan fingerprint density at radius 3 is 2.76 bits per heavy atom. The van der Waals surface area contributed by atoms with Crippen LogP contribution in [0.25, 0.3) is 0 Å². The number of hydrogen-bond acceptors (Lipinski definition) is 3. The summed E-state index contributed by atoms with van der Waals surface area (Å²) in [6.07, 6.45) is 0.636. The van der Waals surface area contributed by atoms with Crippen molar-refractivity contribution in [2.75, 3.05) is 13.1 Å². The number of amides is 2. The van der Waals surface area contributed by atoms with E-state index in [1.54, 1.807) is 4.90 Å². The van der Waals surface area contributed by atoms with Gasteiger partial charge in [-0.1, -0.05) is 0 Å². The molecule has 1 aliphatic heterocycles. The predicted molar refractivity (Wildman–Crippen MR) is 69.8 cm³/mol. The van der Waals surface area contributed by atoms with Gasteiger partial charge < -0.3 is 10.6 Å². The van der Waals surface area contributed by atoms with Crippen LogP contribution in [0.3, 0.4) is 0 Å². The molecule has 0 aromatic carbocycles. The first-order valence-electron chi connectivity index (χ1n) is 5.26. The van der Waals surface area contributed by atoms with Crippen molar-refractivity contribution >= 4 is 39.1 Å². The van der Waals surface area contributed by atoms with Crippen molar-refractivity contribution in [2.24, 2.45) is 11.1 Å². The van der Waals surface area contributed by atoms with Gasteiger partial charge in [-0.3, -0.25) is 9.59 Å². The Hall–Kier alpha value is -0.880. The summed E-state index contributed by atoms with van der Waals surface area (Å²) in [6.45, 7) is 2.81. The molecule has 17 heavy (non-hydrogen) atoms. The van der Waals surface area contributed by atoms with Crippen LogP contribution < -0.4 is 5.73 Å². The Morgan fingerprint density at radius 2 is 2.29 bits per heavy atom. The fourth-order valence-corrected chi connectivity index (χ4v) is 3.43. The van der Waals surface area contributed by atoms with E-state index >= 15 is 0 Å². The molecular weight excluding hydrogens is 304 g/mol. The van der Waals surface area contributed by atoms with E-state index in [0.29, 0.717) is 24.4 Å². The highest BCUT2D eigenvalue weighted by Crippen LogP contribution is 2.32. The van der Waals surface area contributed by atoms with E-state index in [1.165, 1.54) is 11.3 Å². The second-order valence-corrected chi connectivity index (χ2v) is 6.27. The number of carbonyl (C=O) groups excluding carboxylic acids is 2. The first-order chi connectivity index (χ1) is 7.94. The molecule has 1 aromatic rings. The number of likely N-dealkylation sites (tertiary alicyclic amines) is 1. The number of carbonyl (C=O) groups is 2. The second kappa shape index (κ2) is 4.42. The Labute approximate surface area is 112 Å². The van der Waals surface area contributed by atoms with Gasteiger partial charge in [-0.2, -0.15) is 0 Å². The smallest absolute Gasteiger partial charge is 0.265 e. The first kappa shape index (κ1) is 12.6. The van der Waals surface area contributed by atoms with Gasteiger partial charge in [0.2, 0.25) is 5.91 Å². The van der Waals surface area contributed by atoms with Crippen LogP contribution in [0.4, 0.5) is 0 Å². The third-order valence-corrected chi connectivity index (χ3v) is 4.99. The maximum absolute atomic E-state index is 12.2. The molecule has 2 N–H and O–H groups in total. The van der Waals surface area contributed by atoms with E-state index in [-0.39, 0.29) is 11.8 Å². The summed E-state index contributed by atoms with van der Waals surface area (Å²) in [5.74, 6) is -0.366. The van der Waals surface area contributed by atoms with E-state index in [1.807, 2.05) is 18.4 Å². The van der Waals surface area contributed by atoms with Gasteiger partial charge in [-0.25, -0.2) is 0 Å². The van der Waals surface area contributed by atoms with Gasteiger partial charge >= 0.3 is 0 Å². The maximum atomic E-state index is 12.2. The molecule has 2 amide bonds. The fraction of sp³-hybridized carbons (Fsp3) is 0.455. The zero-order valence-electron chi connectivity index (χ0n) is 9.40. The molecule has 1 aliphatic rings. The van der Waals surface area contributed by atoms with Crippen LogP contribution in [0.2, 0.25) is 0 Å². The van der Waals surface area contributed by atoms with Gasteiger partial charge in [0, 0.05) is 17.6 Å². The van der Waals surface area contributed by atoms with E-state index in [2.05, 4.69) is 15.9 Å². The van der Waals surface area contributed by atoms with E-state index in [9.17, 15) is 9.59 Å². The molecule has 1 saturated heterocycles. The Kier molecular flexibility index (Phi) is 3.27. The van der Waals surface area contributed by atoms with Crippen LogP contribution in [0.15, 0.2) is 15.9 Å². The first-order valence-corrected chi connectivity index (χ1v) is 6.93. The summed E-state index contributed by atoms with van der Waals surface area (Å²) in [5.41, 5.74) is 4.78. The molecule has 0 spiro atoms. The lowest BCUT2D eigenvalue weighted by Gasteiger charge is -2.20. The summed E-state index contributed by atoms with van der Waals surface area (Å²) >= 11 is 4.74. The molecule has 0 aliphatic carbocycles. The van der Waals surface area contributed by atoms with Gasteiger partial charge in [0.1, 0.15) is 4.88 Å². The molecule has 92 valence electrons. The molecule has 6 heteroatoms. The lowest BCUT2D eigenvalue weighted by Crippen LogP contribution is -2.38. The minimum Gasteiger partial charge on any atom is -0.369 e. The molecule has 1 unspecified atom stereocenters. The Balaban J connectivity index is 2.15. The van der Waals surface area contributed by atoms with Gasteiger partial charge in [0.15, 0.2) is 0 Å². The fourth-order valence-electron chi connectivity index (χ4n) is 1.93. The molecule has 1 atom stereocenters. The van der Waals surface area contributed by atoms with Crippen molar-refractivity contribution in [1.29, 1.82) is 0 Å². The Morgan fingerprint density at radius 1 is 1.59 bits per heavy atom. The number of rotatable bonds is 2. The minimum atomic E-state index is -0.584. The van der Waals surface area contributed by atoms with Crippen LogP contribution in [-0.2, 0) is 4.79 Å². The molecule has 1 fully saturated rings. The Bertz CT molecular complexity index is 474. The van der Waals surface area contributed by atoms with Crippen molar-refractivity contribution in [3.05, 3.63) is 20.8 Å². The second-order valence-electron chi connectivity index (χ2n) is 4.50. The number of halogens is 1. The molecule has 0 bridgehead atoms. The highest BCUT2D eigenvalue weighted by molar-refractivity contribution is 9.10. The quantitative estimate of drug-likeness (QED) is 0.905. The summed E-state index contributed by atoms with van der Waals surface area (Å²) in [4.78, 5) is 25.9. The van der Waals surface area contributed by atoms with Crippen LogP contribution in [-0.4, -0.2) is 29.8 Å². The molecule has 1 aromatic heterocycles. The summed E-state index contributed by atoms with van der Waals surface area (Å²) in [5, 5.41) is 1.86. The zero-order valence-corrected chi connectivity index (χ0v) is 11.8. The number of hydrogen-bond donors (Lipinski definition) is 1. The third-order valence-electron chi connectivity index (χ3n) is 3.17. The topological polar surface area (TPSA) is 63.4 Å². The van der Waals surface area contributed by atoms with Crippen LogP contribution in [0.1, 0.15) is 23.0 Å². The number of nitrogens with two attached hydrogens (primary N) is 1. The van der Waals surface area contributed by atoms with Gasteiger partial charge in [-0.15, -0.1) is 11.3 Å². The molecule has 2 heterocycles. The normalized spacial score (nSPS) is 24.0. The minimum absolute atomic E-state index is 0.0307. The molecular formula is C11H13BrN2O2S. The van der Waals surface area contributed by atoms with Crippen molar-refractivity contribution in [3.8, 4) is 0 Å². The third kappa shape index (κ3) is 2.24. The molecule has 4 nitrogen and oxygen atoms in total. The average Bonchev–Trinajstić information content (AvgIpc) is 2.85. The summed E-state index contributed by atoms with van der Waals surface area (Å²) in [7, 11) is 0. The van der Waals surface area contributed by atoms with E-state index < -0.39 is 5.41 Å². The van der Waals surface area contributed by atoms with Crippen molar-refractivity contribution in [1.82, 2.24) is 4.90 Å². The van der Waals surface area contributed by atoms with Crippen molar-refractivity contribution in [2.45, 2.75) is 13.3 Å². The molecule has 0 radical (unpaired) electrons. The number of primary amides is 1. The zero-order chi connectivity index (χ0) is 12.6. The molecule has 0 saturated carbocycles. The van der Waals surface area contributed by atoms with E-state index in [4.69, 9.17) is 5.73 Å². The largest absolute Gasteiger partial charge is 0.369 e. The number of thiophene rings is 1. The monoisotopic (exact) mass is 316 g/mol. The summed E-state index contributed by atoms with van der Waals surface area (Å²) in [6, 6.07) is 1.85. The summed E-state index contributed by atoms with van der Waals surface area (Å²) < 4.78 is 0.806. The lowest BCUT2D eigenvalue weighted by atomic mass is 9.89. The van der Waals surface area contributed by atoms with Crippen LogP contribution in [0, 0.1) is 5.41 Å².